The van der Waals surface area contributed by atoms with Crippen LogP contribution in [0.3, 0.4) is 0 Å². The van der Waals surface area contributed by atoms with Gasteiger partial charge in [-0.15, -0.1) is 0 Å². The summed E-state index contributed by atoms with van der Waals surface area (Å²) in [6, 6.07) is 0. The molecule has 2 fully saturated rings. The Bertz CT molecular complexity index is 721. The Kier molecular flexibility index (Phi) is 6.10. The van der Waals surface area contributed by atoms with Crippen molar-refractivity contribution in [3.63, 3.8) is 0 Å². The van der Waals surface area contributed by atoms with Crippen LogP contribution >= 0.6 is 0 Å². The SMILES string of the molecule is C=C1C(=O)O[C@@H]2[C@@H]1C[C@H]1O[C@]1(COC(C)=O)CC/C=C(/C)CC/C=C(\C)[C@H]2O. The number of aliphatic hydroxyl groups is 1. The summed E-state index contributed by atoms with van der Waals surface area (Å²) < 4.78 is 16.7. The third-order valence-corrected chi connectivity index (χ3v) is 6.09. The van der Waals surface area contributed by atoms with Crippen LogP contribution in [0.15, 0.2) is 35.5 Å². The highest BCUT2D eigenvalue weighted by atomic mass is 16.6. The Balaban J connectivity index is 1.85. The normalized spacial score (nSPS) is 40.0. The largest absolute Gasteiger partial charge is 0.463 e. The minimum absolute atomic E-state index is 0.168. The topological polar surface area (TPSA) is 85.4 Å². The number of hydrogen-bond acceptors (Lipinski definition) is 6. The Morgan fingerprint density at radius 2 is 2.11 bits per heavy atom. The van der Waals surface area contributed by atoms with Crippen molar-refractivity contribution in [3.05, 3.63) is 35.5 Å². The van der Waals surface area contributed by atoms with Gasteiger partial charge < -0.3 is 19.3 Å². The van der Waals surface area contributed by atoms with E-state index in [1.165, 1.54) is 12.5 Å². The fourth-order valence-corrected chi connectivity index (χ4v) is 4.15. The Labute approximate surface area is 166 Å². The molecule has 0 unspecified atom stereocenters. The lowest BCUT2D eigenvalue weighted by Gasteiger charge is -2.24. The molecule has 28 heavy (non-hydrogen) atoms. The number of hydrogen-bond donors (Lipinski definition) is 1. The van der Waals surface area contributed by atoms with Crippen molar-refractivity contribution in [1.82, 2.24) is 0 Å². The average molecular weight is 390 g/mol. The molecular weight excluding hydrogens is 360 g/mol. The zero-order valence-corrected chi connectivity index (χ0v) is 16.9. The molecule has 1 N–H and O–H groups in total. The second-order valence-electron chi connectivity index (χ2n) is 8.21. The van der Waals surface area contributed by atoms with Crippen molar-refractivity contribution in [2.45, 2.75) is 76.8 Å². The van der Waals surface area contributed by atoms with Crippen LogP contribution < -0.4 is 0 Å². The minimum Gasteiger partial charge on any atom is -0.463 e. The zero-order valence-electron chi connectivity index (χ0n) is 16.9. The summed E-state index contributed by atoms with van der Waals surface area (Å²) in [7, 11) is 0. The van der Waals surface area contributed by atoms with Crippen molar-refractivity contribution < 1.29 is 28.9 Å². The van der Waals surface area contributed by atoms with Gasteiger partial charge in [0.05, 0.1) is 6.10 Å². The number of ether oxygens (including phenoxy) is 3. The third kappa shape index (κ3) is 4.39. The van der Waals surface area contributed by atoms with Crippen LogP contribution in [-0.4, -0.2) is 47.6 Å². The smallest absolute Gasteiger partial charge is 0.334 e. The fourth-order valence-electron chi connectivity index (χ4n) is 4.15. The molecule has 5 atom stereocenters. The second-order valence-corrected chi connectivity index (χ2v) is 8.21. The van der Waals surface area contributed by atoms with Gasteiger partial charge in [0.15, 0.2) is 0 Å². The van der Waals surface area contributed by atoms with Crippen LogP contribution in [0.25, 0.3) is 0 Å². The van der Waals surface area contributed by atoms with E-state index in [-0.39, 0.29) is 24.6 Å². The standard InChI is InChI=1S/C22H30O6/c1-13-7-5-9-14(2)19(24)20-17(15(3)21(25)27-20)11-18-22(28-18,10-6-8-13)12-26-16(4)23/h8-9,17-20,24H,3,5-7,10-12H2,1-2,4H3/b13-8-,14-9+/t17-,18-,19-,20-,22+/m1/s1. The second kappa shape index (κ2) is 8.21. The molecule has 0 aromatic rings. The van der Waals surface area contributed by atoms with E-state index in [2.05, 4.69) is 19.6 Å². The highest BCUT2D eigenvalue weighted by Crippen LogP contribution is 2.48. The molecule has 2 heterocycles. The molecule has 3 rings (SSSR count). The molecule has 3 aliphatic rings. The van der Waals surface area contributed by atoms with Gasteiger partial charge in [0.1, 0.15) is 24.4 Å². The maximum absolute atomic E-state index is 12.1. The number of carbonyl (C=O) groups excluding carboxylic acids is 2. The molecule has 154 valence electrons. The van der Waals surface area contributed by atoms with E-state index in [1.807, 2.05) is 13.0 Å². The van der Waals surface area contributed by atoms with Crippen molar-refractivity contribution in [2.75, 3.05) is 6.61 Å². The molecule has 1 aliphatic carbocycles. The van der Waals surface area contributed by atoms with Gasteiger partial charge in [0, 0.05) is 18.4 Å². The van der Waals surface area contributed by atoms with Crippen LogP contribution in [0.4, 0.5) is 0 Å². The quantitative estimate of drug-likeness (QED) is 0.338. The highest BCUT2D eigenvalue weighted by molar-refractivity contribution is 5.91. The lowest BCUT2D eigenvalue weighted by molar-refractivity contribution is -0.143. The van der Waals surface area contributed by atoms with Crippen LogP contribution in [0.5, 0.6) is 0 Å². The molecular formula is C22H30O6. The number of aliphatic hydroxyl groups excluding tert-OH is 1. The predicted molar refractivity (Wildman–Crippen MR) is 103 cm³/mol. The number of carbonyl (C=O) groups is 2. The van der Waals surface area contributed by atoms with Crippen LogP contribution in [0, 0.1) is 5.92 Å². The van der Waals surface area contributed by atoms with Crippen molar-refractivity contribution >= 4 is 11.9 Å². The van der Waals surface area contributed by atoms with Gasteiger partial charge >= 0.3 is 11.9 Å². The first-order valence-corrected chi connectivity index (χ1v) is 9.95. The minimum atomic E-state index is -0.873. The molecule has 0 aromatic carbocycles. The molecule has 0 amide bonds. The van der Waals surface area contributed by atoms with E-state index in [1.54, 1.807) is 0 Å². The maximum atomic E-state index is 12.1. The summed E-state index contributed by atoms with van der Waals surface area (Å²) >= 11 is 0. The summed E-state index contributed by atoms with van der Waals surface area (Å²) in [6.07, 6.45) is 6.29. The third-order valence-electron chi connectivity index (χ3n) is 6.09. The van der Waals surface area contributed by atoms with E-state index < -0.39 is 23.8 Å². The molecule has 0 saturated carbocycles. The Morgan fingerprint density at radius 3 is 2.82 bits per heavy atom. The summed E-state index contributed by atoms with van der Waals surface area (Å²) in [5.74, 6) is -1.13. The Morgan fingerprint density at radius 1 is 1.36 bits per heavy atom. The van der Waals surface area contributed by atoms with Gasteiger partial charge in [-0.2, -0.15) is 0 Å². The first kappa shape index (κ1) is 20.8. The summed E-state index contributed by atoms with van der Waals surface area (Å²) in [4.78, 5) is 23.4. The van der Waals surface area contributed by atoms with E-state index in [0.29, 0.717) is 12.0 Å². The van der Waals surface area contributed by atoms with Gasteiger partial charge in [-0.25, -0.2) is 4.79 Å². The first-order valence-electron chi connectivity index (χ1n) is 9.95. The summed E-state index contributed by atoms with van der Waals surface area (Å²) in [5.41, 5.74) is 1.90. The molecule has 0 spiro atoms. The lowest BCUT2D eigenvalue weighted by Crippen LogP contribution is -2.34. The fraction of sp³-hybridized carbons (Fsp3) is 0.636. The number of rotatable bonds is 2. The van der Waals surface area contributed by atoms with Crippen LogP contribution in [-0.2, 0) is 23.8 Å². The van der Waals surface area contributed by atoms with Crippen LogP contribution in [0.2, 0.25) is 0 Å². The maximum Gasteiger partial charge on any atom is 0.334 e. The number of allylic oxidation sites excluding steroid dienone is 3. The van der Waals surface area contributed by atoms with Gasteiger partial charge in [0.2, 0.25) is 0 Å². The molecule has 6 nitrogen and oxygen atoms in total. The molecule has 6 heteroatoms. The van der Waals surface area contributed by atoms with E-state index in [0.717, 1.165) is 31.3 Å². The summed E-state index contributed by atoms with van der Waals surface area (Å²) in [6.45, 7) is 9.42. The molecule has 0 bridgehead atoms. The first-order chi connectivity index (χ1) is 13.2. The highest BCUT2D eigenvalue weighted by Gasteiger charge is 2.59. The van der Waals surface area contributed by atoms with Gasteiger partial charge in [0.25, 0.3) is 0 Å². The Hall–Kier alpha value is -1.92. The number of fused-ring (bicyclic) bond motifs is 2. The average Bonchev–Trinajstić information content (AvgIpc) is 3.25. The number of esters is 2. The lowest BCUT2D eigenvalue weighted by atomic mass is 9.84. The summed E-state index contributed by atoms with van der Waals surface area (Å²) in [5, 5.41) is 10.8. The van der Waals surface area contributed by atoms with Crippen molar-refractivity contribution in [2.24, 2.45) is 5.92 Å². The predicted octanol–water partition coefficient (Wildman–Crippen LogP) is 3.00. The molecule has 0 aromatic heterocycles. The van der Waals surface area contributed by atoms with Gasteiger partial charge in [-0.3, -0.25) is 4.79 Å². The monoisotopic (exact) mass is 390 g/mol. The zero-order chi connectivity index (χ0) is 20.5. The van der Waals surface area contributed by atoms with Crippen molar-refractivity contribution in [3.8, 4) is 0 Å². The van der Waals surface area contributed by atoms with E-state index >= 15 is 0 Å². The molecule has 2 saturated heterocycles. The number of epoxide rings is 1. The molecule has 0 radical (unpaired) electrons. The van der Waals surface area contributed by atoms with E-state index in [9.17, 15) is 14.7 Å². The van der Waals surface area contributed by atoms with Gasteiger partial charge in [-0.1, -0.05) is 24.3 Å². The van der Waals surface area contributed by atoms with Gasteiger partial charge in [-0.05, 0) is 51.5 Å². The van der Waals surface area contributed by atoms with Crippen molar-refractivity contribution in [1.29, 1.82) is 0 Å². The van der Waals surface area contributed by atoms with Crippen LogP contribution in [0.1, 0.15) is 52.9 Å². The van der Waals surface area contributed by atoms with E-state index in [4.69, 9.17) is 14.2 Å². The molecule has 2 aliphatic heterocycles.